The predicted octanol–water partition coefficient (Wildman–Crippen LogP) is 5.23. The van der Waals surface area contributed by atoms with Gasteiger partial charge in [-0.05, 0) is 43.7 Å². The Hall–Kier alpha value is -4.27. The zero-order valence-electron chi connectivity index (χ0n) is 29.9. The lowest BCUT2D eigenvalue weighted by Gasteiger charge is -2.33. The highest BCUT2D eigenvalue weighted by Gasteiger charge is 2.31. The fourth-order valence-electron chi connectivity index (χ4n) is 8.05. The first-order valence-corrected chi connectivity index (χ1v) is 18.8. The summed E-state index contributed by atoms with van der Waals surface area (Å²) in [6, 6.07) is 10.6. The Bertz CT molecular complexity index is 2050. The molecule has 0 saturated heterocycles. The molecule has 280 valence electrons. The number of aromatic nitrogens is 4. The molecule has 15 heteroatoms. The lowest BCUT2D eigenvalue weighted by molar-refractivity contribution is -0.143. The number of β-amino-alcohol motifs (C(OH)–C–C–N with tert-alkyl or cyclic N) is 1. The molecule has 53 heavy (non-hydrogen) atoms. The molecule has 0 unspecified atom stereocenters. The lowest BCUT2D eigenvalue weighted by atomic mass is 9.81. The molecule has 0 atom stereocenters. The molecular weight excluding hydrogens is 719 g/mol. The average Bonchev–Trinajstić information content (AvgIpc) is 3.65. The van der Waals surface area contributed by atoms with Crippen LogP contribution in [-0.2, 0) is 44.8 Å². The van der Waals surface area contributed by atoms with E-state index in [-0.39, 0.29) is 29.3 Å². The van der Waals surface area contributed by atoms with E-state index in [1.54, 1.807) is 36.4 Å². The first-order chi connectivity index (χ1) is 25.5. The second-order valence-corrected chi connectivity index (χ2v) is 15.1. The summed E-state index contributed by atoms with van der Waals surface area (Å²) in [4.78, 5) is 52.3. The number of carboxylic acid groups (broad SMARTS) is 1. The van der Waals surface area contributed by atoms with E-state index in [2.05, 4.69) is 25.4 Å². The summed E-state index contributed by atoms with van der Waals surface area (Å²) in [5, 5.41) is 25.1. The van der Waals surface area contributed by atoms with E-state index in [0.29, 0.717) is 58.9 Å². The van der Waals surface area contributed by atoms with E-state index in [9.17, 15) is 24.6 Å². The molecule has 7 rings (SSSR count). The van der Waals surface area contributed by atoms with Crippen LogP contribution in [0.1, 0.15) is 69.7 Å². The second kappa shape index (κ2) is 15.6. The van der Waals surface area contributed by atoms with Crippen molar-refractivity contribution in [3.63, 3.8) is 0 Å². The minimum absolute atomic E-state index is 0.0662. The molecule has 13 nitrogen and oxygen atoms in total. The van der Waals surface area contributed by atoms with E-state index >= 15 is 0 Å². The van der Waals surface area contributed by atoms with E-state index in [1.165, 1.54) is 0 Å². The Balaban J connectivity index is 1.03. The van der Waals surface area contributed by atoms with Gasteiger partial charge in [0.2, 0.25) is 0 Å². The number of benzene rings is 2. The molecule has 2 aliphatic heterocycles. The van der Waals surface area contributed by atoms with Gasteiger partial charge in [-0.15, -0.1) is 0 Å². The molecule has 2 aromatic carbocycles. The van der Waals surface area contributed by atoms with Crippen molar-refractivity contribution in [3.05, 3.63) is 80.9 Å². The van der Waals surface area contributed by atoms with Crippen molar-refractivity contribution in [2.24, 2.45) is 25.9 Å². The van der Waals surface area contributed by atoms with Gasteiger partial charge in [0, 0.05) is 88.7 Å². The number of rotatable bonds is 10. The summed E-state index contributed by atoms with van der Waals surface area (Å²) in [6.45, 7) is 4.37. The third kappa shape index (κ3) is 7.58. The fraction of sp³-hybridized carbons (Fsp3) is 0.447. The molecule has 0 radical (unpaired) electrons. The number of carbonyl (C=O) groups excluding carboxylic acids is 2. The van der Waals surface area contributed by atoms with Crippen LogP contribution in [0.3, 0.4) is 0 Å². The van der Waals surface area contributed by atoms with Crippen LogP contribution in [0.15, 0.2) is 36.4 Å². The van der Waals surface area contributed by atoms with Crippen LogP contribution in [0.4, 0.5) is 11.4 Å². The molecule has 1 aliphatic carbocycles. The largest absolute Gasteiger partial charge is 0.481 e. The maximum Gasteiger partial charge on any atom is 0.306 e. The van der Waals surface area contributed by atoms with Crippen molar-refractivity contribution in [2.75, 3.05) is 43.4 Å². The summed E-state index contributed by atoms with van der Waals surface area (Å²) >= 11 is 13.8. The number of carbonyl (C=O) groups is 3. The number of nitrogens with one attached hydrogen (secondary N) is 2. The smallest absolute Gasteiger partial charge is 0.306 e. The first kappa shape index (κ1) is 37.1. The Morgan fingerprint density at radius 3 is 1.75 bits per heavy atom. The number of amides is 2. The van der Waals surface area contributed by atoms with E-state index < -0.39 is 11.9 Å². The van der Waals surface area contributed by atoms with Crippen LogP contribution in [0.5, 0.6) is 0 Å². The number of nitrogens with zero attached hydrogens (tertiary/aromatic N) is 6. The lowest BCUT2D eigenvalue weighted by Crippen LogP contribution is -2.36. The van der Waals surface area contributed by atoms with Crippen molar-refractivity contribution in [1.82, 2.24) is 28.9 Å². The average molecular weight is 764 g/mol. The van der Waals surface area contributed by atoms with Crippen LogP contribution >= 0.6 is 23.2 Å². The second-order valence-electron chi connectivity index (χ2n) is 14.3. The van der Waals surface area contributed by atoms with Gasteiger partial charge in [-0.25, -0.2) is 9.97 Å². The molecule has 0 spiro atoms. The summed E-state index contributed by atoms with van der Waals surface area (Å²) in [7, 11) is 3.68. The number of carboxylic acids is 1. The van der Waals surface area contributed by atoms with Gasteiger partial charge in [0.05, 0.1) is 45.3 Å². The van der Waals surface area contributed by atoms with Crippen molar-refractivity contribution in [2.45, 2.75) is 51.6 Å². The van der Waals surface area contributed by atoms with Gasteiger partial charge < -0.3 is 30.0 Å². The van der Waals surface area contributed by atoms with Gasteiger partial charge in [0.15, 0.2) is 11.6 Å². The van der Waals surface area contributed by atoms with Crippen LogP contribution in [0.2, 0.25) is 10.0 Å². The molecule has 4 N–H and O–H groups in total. The molecule has 4 aromatic rings. The summed E-state index contributed by atoms with van der Waals surface area (Å²) in [5.41, 5.74) is 5.67. The van der Waals surface area contributed by atoms with E-state index in [0.717, 1.165) is 80.9 Å². The number of hydrogen-bond donors (Lipinski definition) is 4. The van der Waals surface area contributed by atoms with Crippen LogP contribution in [0.25, 0.3) is 11.1 Å². The summed E-state index contributed by atoms with van der Waals surface area (Å²) in [5.74, 6) is -0.668. The minimum atomic E-state index is -0.690. The topological polar surface area (TPSA) is 158 Å². The van der Waals surface area contributed by atoms with Gasteiger partial charge in [0.25, 0.3) is 11.8 Å². The van der Waals surface area contributed by atoms with Gasteiger partial charge >= 0.3 is 5.97 Å². The monoisotopic (exact) mass is 762 g/mol. The quantitative estimate of drug-likeness (QED) is 0.170. The fourth-order valence-corrected chi connectivity index (χ4v) is 8.60. The Morgan fingerprint density at radius 2 is 1.26 bits per heavy atom. The number of anilines is 2. The predicted molar refractivity (Wildman–Crippen MR) is 202 cm³/mol. The Labute approximate surface area is 317 Å². The number of imidazole rings is 2. The molecule has 2 aromatic heterocycles. The maximum absolute atomic E-state index is 13.7. The van der Waals surface area contributed by atoms with Gasteiger partial charge in [-0.3, -0.25) is 24.2 Å². The molecule has 2 amide bonds. The standard InChI is InChI=1S/C38H44Cl2N8O5/c1-45-30-13-15-47(17-18-49)20-28(30)41-34(45)36(50)43-26-7-3-5-24(32(26)39)25-6-4-8-27(33(25)40)44-37(51)35-42-29-21-48(16-14-31(29)46(35)2)19-22-9-11-23(12-10-22)38(52)53/h3-8,22-23,49H,9-21H2,1-2H3,(H,43,50)(H,44,51)(H,52,53)/t22-,23+. The Morgan fingerprint density at radius 1 is 0.774 bits per heavy atom. The Kier molecular flexibility index (Phi) is 10.9. The third-order valence-corrected chi connectivity index (χ3v) is 11.8. The highest BCUT2D eigenvalue weighted by atomic mass is 35.5. The van der Waals surface area contributed by atoms with Crippen molar-refractivity contribution in [3.8, 4) is 11.1 Å². The van der Waals surface area contributed by atoms with Gasteiger partial charge in [0.1, 0.15) is 0 Å². The van der Waals surface area contributed by atoms with E-state index in [4.69, 9.17) is 28.2 Å². The van der Waals surface area contributed by atoms with Gasteiger partial charge in [-0.2, -0.15) is 0 Å². The van der Waals surface area contributed by atoms with Crippen LogP contribution < -0.4 is 10.6 Å². The highest BCUT2D eigenvalue weighted by molar-refractivity contribution is 6.40. The minimum Gasteiger partial charge on any atom is -0.481 e. The number of fused-ring (bicyclic) bond motifs is 2. The number of halogens is 2. The summed E-state index contributed by atoms with van der Waals surface area (Å²) in [6.07, 6.45) is 4.78. The van der Waals surface area contributed by atoms with Crippen LogP contribution in [-0.4, -0.2) is 89.7 Å². The zero-order chi connectivity index (χ0) is 37.4. The molecule has 4 heterocycles. The maximum atomic E-state index is 13.7. The van der Waals surface area contributed by atoms with E-state index in [1.807, 2.05) is 23.2 Å². The SMILES string of the molecule is Cn1c(C(=O)Nc2cccc(-c3cccc(NC(=O)c4nc5c(n4C)CCN(C[C@H]4CC[C@@H](C(=O)O)CC4)C5)c3Cl)c2Cl)nc2c1CCN(CCO)C2. The number of aliphatic hydroxyl groups excluding tert-OH is 1. The molecule has 0 bridgehead atoms. The molecule has 1 saturated carbocycles. The third-order valence-electron chi connectivity index (χ3n) is 11.0. The first-order valence-electron chi connectivity index (χ1n) is 18.1. The normalized spacial score (nSPS) is 19.0. The zero-order valence-corrected chi connectivity index (χ0v) is 31.4. The number of aliphatic carboxylic acids is 1. The number of aliphatic hydroxyl groups is 1. The van der Waals surface area contributed by atoms with Crippen LogP contribution in [0, 0.1) is 11.8 Å². The van der Waals surface area contributed by atoms with Gasteiger partial charge in [-0.1, -0.05) is 47.5 Å². The molecular formula is C38H44Cl2N8O5. The highest BCUT2D eigenvalue weighted by Crippen LogP contribution is 2.40. The van der Waals surface area contributed by atoms with Crippen molar-refractivity contribution >= 4 is 52.4 Å². The number of hydrogen-bond acceptors (Lipinski definition) is 8. The molecule has 1 fully saturated rings. The summed E-state index contributed by atoms with van der Waals surface area (Å²) < 4.78 is 3.66. The van der Waals surface area contributed by atoms with Crippen molar-refractivity contribution in [1.29, 1.82) is 0 Å². The van der Waals surface area contributed by atoms with Crippen molar-refractivity contribution < 1.29 is 24.6 Å². The molecule has 3 aliphatic rings.